The van der Waals surface area contributed by atoms with Crippen LogP contribution in [0.2, 0.25) is 0 Å². The van der Waals surface area contributed by atoms with Crippen LogP contribution < -0.4 is 10.4 Å². The maximum absolute atomic E-state index is 10.3. The summed E-state index contributed by atoms with van der Waals surface area (Å²) in [5.41, 5.74) is 4.81. The first-order valence-electron chi connectivity index (χ1n) is 2.16. The minimum absolute atomic E-state index is 0.158. The highest BCUT2D eigenvalue weighted by Crippen LogP contribution is 1.70. The molecule has 1 atom stereocenters. The lowest BCUT2D eigenvalue weighted by molar-refractivity contribution is -0.935. The Morgan fingerprint density at radius 2 is 2.11 bits per heavy atom. The van der Waals surface area contributed by atoms with Gasteiger partial charge in [-0.3, -0.25) is 0 Å². The normalized spacial score (nSPS) is 15.4. The Morgan fingerprint density at radius 1 is 1.67 bits per heavy atom. The van der Waals surface area contributed by atoms with Crippen LogP contribution in [0.1, 0.15) is 0 Å². The molecule has 7 heteroatoms. The molecule has 0 rings (SSSR count). The molecule has 0 aliphatic rings. The molecular formula is C2H8N2O4S. The van der Waals surface area contributed by atoms with E-state index in [0.29, 0.717) is 0 Å². The van der Waals surface area contributed by atoms with Crippen molar-refractivity contribution in [2.45, 2.75) is 0 Å². The van der Waals surface area contributed by atoms with Crippen molar-refractivity contribution in [1.29, 1.82) is 0 Å². The van der Waals surface area contributed by atoms with E-state index in [1.165, 1.54) is 0 Å². The van der Waals surface area contributed by atoms with Crippen LogP contribution in [-0.2, 0) is 10.0 Å². The lowest BCUT2D eigenvalue weighted by Gasteiger charge is -2.10. The highest BCUT2D eigenvalue weighted by atomic mass is 32.2. The minimum Gasteiger partial charge on any atom is -0.585 e. The van der Waals surface area contributed by atoms with E-state index in [4.69, 9.17) is 10.9 Å². The first-order chi connectivity index (χ1) is 4.00. The van der Waals surface area contributed by atoms with E-state index in [-0.39, 0.29) is 6.54 Å². The van der Waals surface area contributed by atoms with Gasteiger partial charge >= 0.3 is 10.0 Å². The molecule has 0 aromatic rings. The molecule has 0 radical (unpaired) electrons. The first kappa shape index (κ1) is 8.79. The van der Waals surface area contributed by atoms with Gasteiger partial charge in [0.25, 0.3) is 0 Å². The zero-order valence-corrected chi connectivity index (χ0v) is 5.39. The van der Waals surface area contributed by atoms with E-state index >= 15 is 0 Å². The maximum atomic E-state index is 10.3. The molecule has 0 amide bonds. The molecular weight excluding hydrogens is 148 g/mol. The Bertz CT molecular complexity index is 161. The molecule has 6 nitrogen and oxygen atoms in total. The Balaban J connectivity index is 4.05. The van der Waals surface area contributed by atoms with E-state index < -0.39 is 20.4 Å². The van der Waals surface area contributed by atoms with Gasteiger partial charge in [-0.05, 0) is 0 Å². The summed E-state index contributed by atoms with van der Waals surface area (Å²) in [7, 11) is -3.96. The van der Waals surface area contributed by atoms with Gasteiger partial charge in [0.15, 0.2) is 0 Å². The van der Waals surface area contributed by atoms with Gasteiger partial charge in [0.1, 0.15) is 5.75 Å². The van der Waals surface area contributed by atoms with Gasteiger partial charge in [0, 0.05) is 6.54 Å². The average Bonchev–Trinajstić information content (AvgIpc) is 1.65. The van der Waals surface area contributed by atoms with Crippen molar-refractivity contribution >= 4 is 10.0 Å². The molecule has 9 heavy (non-hydrogen) atoms. The molecule has 1 unspecified atom stereocenters. The summed E-state index contributed by atoms with van der Waals surface area (Å²) < 4.78 is 18.7. The van der Waals surface area contributed by atoms with E-state index in [1.807, 2.05) is 0 Å². The van der Waals surface area contributed by atoms with Gasteiger partial charge < -0.3 is 10.9 Å². The standard InChI is InChI=1S/C2H8N2O4S/c3-1-2-9(7,8)4(5)6/h4-5H,1-3H2. The number of rotatable bonds is 3. The lowest BCUT2D eigenvalue weighted by Crippen LogP contribution is -3.07. The Kier molecular flexibility index (Phi) is 3.01. The first-order valence-corrected chi connectivity index (χ1v) is 3.81. The predicted octanol–water partition coefficient (Wildman–Crippen LogP) is -2.95. The topological polar surface area (TPSA) is 108 Å². The van der Waals surface area contributed by atoms with Crippen LogP contribution >= 0.6 is 0 Å². The Hall–Kier alpha value is -0.210. The van der Waals surface area contributed by atoms with Gasteiger partial charge in [-0.15, -0.1) is 4.63 Å². The molecule has 4 N–H and O–H groups in total. The molecule has 0 bridgehead atoms. The average molecular weight is 156 g/mol. The van der Waals surface area contributed by atoms with E-state index in [9.17, 15) is 13.6 Å². The van der Waals surface area contributed by atoms with Gasteiger partial charge in [-0.1, -0.05) is 0 Å². The number of nitrogens with two attached hydrogens (primary N) is 1. The van der Waals surface area contributed by atoms with Crippen LogP contribution in [-0.4, -0.2) is 25.9 Å². The summed E-state index contributed by atoms with van der Waals surface area (Å²) >= 11 is 0. The largest absolute Gasteiger partial charge is 0.585 e. The molecule has 0 saturated heterocycles. The van der Waals surface area contributed by atoms with Crippen molar-refractivity contribution in [2.24, 2.45) is 5.73 Å². The van der Waals surface area contributed by atoms with Gasteiger partial charge in [0.2, 0.25) is 0 Å². The molecule has 56 valence electrons. The Labute approximate surface area is 52.5 Å². The van der Waals surface area contributed by atoms with Gasteiger partial charge in [0.05, 0.1) is 0 Å². The summed E-state index contributed by atoms with van der Waals surface area (Å²) in [6.07, 6.45) is 0. The van der Waals surface area contributed by atoms with Crippen molar-refractivity contribution in [1.82, 2.24) is 0 Å². The maximum Gasteiger partial charge on any atom is 0.326 e. The van der Waals surface area contributed by atoms with Crippen LogP contribution in [0.3, 0.4) is 0 Å². The molecule has 0 spiro atoms. The van der Waals surface area contributed by atoms with E-state index in [2.05, 4.69) is 0 Å². The fourth-order valence-corrected chi connectivity index (χ4v) is 0.727. The quantitative estimate of drug-likeness (QED) is 0.378. The zero-order chi connectivity index (χ0) is 7.49. The van der Waals surface area contributed by atoms with Crippen molar-refractivity contribution in [3.8, 4) is 0 Å². The SMILES string of the molecule is NCCS(=O)(=O)[NH+]([O-])O. The number of hydrogen-bond donors (Lipinski definition) is 3. The monoisotopic (exact) mass is 156 g/mol. The van der Waals surface area contributed by atoms with Crippen LogP contribution in [0.5, 0.6) is 0 Å². The van der Waals surface area contributed by atoms with Gasteiger partial charge in [-0.2, -0.15) is 8.42 Å². The zero-order valence-electron chi connectivity index (χ0n) is 4.57. The molecule has 0 aliphatic carbocycles. The highest BCUT2D eigenvalue weighted by molar-refractivity contribution is 7.85. The second-order valence-electron chi connectivity index (χ2n) is 1.37. The molecule has 0 heterocycles. The Morgan fingerprint density at radius 3 is 2.22 bits per heavy atom. The third kappa shape index (κ3) is 2.72. The van der Waals surface area contributed by atoms with Crippen molar-refractivity contribution < 1.29 is 18.3 Å². The molecule has 0 aliphatic heterocycles. The minimum atomic E-state index is -3.96. The van der Waals surface area contributed by atoms with Crippen LogP contribution in [0.15, 0.2) is 0 Å². The second-order valence-corrected chi connectivity index (χ2v) is 3.36. The van der Waals surface area contributed by atoms with Crippen molar-refractivity contribution in [2.75, 3.05) is 12.3 Å². The second kappa shape index (κ2) is 3.08. The molecule has 0 aromatic heterocycles. The molecule has 0 aromatic carbocycles. The number of hydrogen-bond acceptors (Lipinski definition) is 5. The summed E-state index contributed by atoms with van der Waals surface area (Å²) in [5.74, 6) is -0.498. The summed E-state index contributed by atoms with van der Waals surface area (Å²) in [4.78, 5) is 0. The number of quaternary nitrogens is 1. The summed E-state index contributed by atoms with van der Waals surface area (Å²) in [6, 6.07) is 0. The number of nitrogens with one attached hydrogen (secondary N) is 1. The highest BCUT2D eigenvalue weighted by Gasteiger charge is 2.14. The van der Waals surface area contributed by atoms with Crippen LogP contribution in [0.4, 0.5) is 0 Å². The third-order valence-electron chi connectivity index (χ3n) is 0.653. The molecule has 0 saturated carbocycles. The van der Waals surface area contributed by atoms with Crippen molar-refractivity contribution in [3.63, 3.8) is 0 Å². The molecule has 0 fully saturated rings. The van der Waals surface area contributed by atoms with E-state index in [0.717, 1.165) is 0 Å². The van der Waals surface area contributed by atoms with Crippen LogP contribution in [0, 0.1) is 5.21 Å². The lowest BCUT2D eigenvalue weighted by atomic mass is 10.8. The fourth-order valence-electron chi connectivity index (χ4n) is 0.242. The van der Waals surface area contributed by atoms with Gasteiger partial charge in [-0.25, -0.2) is 5.21 Å². The summed E-state index contributed by atoms with van der Waals surface area (Å²) in [5, 5.41) is 17.7. The summed E-state index contributed by atoms with van der Waals surface area (Å²) in [6.45, 7) is -0.158. The van der Waals surface area contributed by atoms with Crippen LogP contribution in [0.25, 0.3) is 0 Å². The smallest absolute Gasteiger partial charge is 0.326 e. The van der Waals surface area contributed by atoms with E-state index in [1.54, 1.807) is 0 Å². The fraction of sp³-hybridized carbons (Fsp3) is 1.00. The predicted molar refractivity (Wildman–Crippen MR) is 29.0 cm³/mol. The van der Waals surface area contributed by atoms with Crippen molar-refractivity contribution in [3.05, 3.63) is 5.21 Å². The number of sulfonamides is 1. The third-order valence-corrected chi connectivity index (χ3v) is 1.96.